The van der Waals surface area contributed by atoms with Gasteiger partial charge in [-0.15, -0.1) is 0 Å². The Morgan fingerprint density at radius 3 is 2.91 bits per heavy atom. The van der Waals surface area contributed by atoms with Crippen molar-refractivity contribution in [1.29, 1.82) is 0 Å². The molecule has 0 unspecified atom stereocenters. The lowest BCUT2D eigenvalue weighted by molar-refractivity contribution is 0.182. The van der Waals surface area contributed by atoms with Gasteiger partial charge in [-0.25, -0.2) is 0 Å². The Hall–Kier alpha value is -0.930. The summed E-state index contributed by atoms with van der Waals surface area (Å²) >= 11 is 0. The van der Waals surface area contributed by atoms with Crippen molar-refractivity contribution in [3.8, 4) is 0 Å². The first-order valence-corrected chi connectivity index (χ1v) is 9.09. The zero-order chi connectivity index (χ0) is 14.9. The Kier molecular flexibility index (Phi) is 4.19. The van der Waals surface area contributed by atoms with Gasteiger partial charge in [-0.05, 0) is 73.8 Å². The average molecular weight is 300 g/mol. The maximum Gasteiger partial charge on any atom is 0.0475 e. The van der Waals surface area contributed by atoms with E-state index >= 15 is 0 Å². The van der Waals surface area contributed by atoms with Gasteiger partial charge >= 0.3 is 0 Å². The van der Waals surface area contributed by atoms with Crippen LogP contribution in [0.15, 0.2) is 24.4 Å². The minimum atomic E-state index is 0.246. The van der Waals surface area contributed by atoms with Crippen molar-refractivity contribution in [3.05, 3.63) is 30.1 Å². The molecule has 2 N–H and O–H groups in total. The highest BCUT2D eigenvalue weighted by Crippen LogP contribution is 2.58. The second-order valence-electron chi connectivity index (χ2n) is 7.74. The van der Waals surface area contributed by atoms with Crippen LogP contribution in [-0.2, 0) is 6.42 Å². The number of aliphatic hydroxyl groups is 1. The van der Waals surface area contributed by atoms with E-state index in [0.29, 0.717) is 6.04 Å². The van der Waals surface area contributed by atoms with Gasteiger partial charge < -0.3 is 10.4 Å². The average Bonchev–Trinajstić information content (AvgIpc) is 3.24. The fraction of sp³-hybridized carbons (Fsp3) is 0.737. The zero-order valence-electron chi connectivity index (χ0n) is 13.3. The highest BCUT2D eigenvalue weighted by Gasteiger charge is 2.53. The number of hydrogen-bond donors (Lipinski definition) is 2. The van der Waals surface area contributed by atoms with Gasteiger partial charge in [0.25, 0.3) is 0 Å². The van der Waals surface area contributed by atoms with Gasteiger partial charge in [-0.3, -0.25) is 4.98 Å². The fourth-order valence-corrected chi connectivity index (χ4v) is 5.64. The third-order valence-corrected chi connectivity index (χ3v) is 6.58. The molecule has 0 aromatic carbocycles. The summed E-state index contributed by atoms with van der Waals surface area (Å²) in [5, 5.41) is 13.5. The van der Waals surface area contributed by atoms with Gasteiger partial charge in [0.2, 0.25) is 0 Å². The van der Waals surface area contributed by atoms with E-state index in [-0.39, 0.29) is 12.5 Å². The van der Waals surface area contributed by atoms with Crippen LogP contribution < -0.4 is 5.32 Å². The Balaban J connectivity index is 1.31. The molecule has 0 radical (unpaired) electrons. The van der Waals surface area contributed by atoms with Crippen LogP contribution >= 0.6 is 0 Å². The van der Waals surface area contributed by atoms with E-state index in [1.165, 1.54) is 32.1 Å². The lowest BCUT2D eigenvalue weighted by atomic mass is 9.79. The summed E-state index contributed by atoms with van der Waals surface area (Å²) in [6.45, 7) is 1.18. The second-order valence-corrected chi connectivity index (χ2v) is 7.74. The number of fused-ring (bicyclic) bond motifs is 5. The number of aromatic nitrogens is 1. The normalized spacial score (nSPS) is 37.4. The Morgan fingerprint density at radius 2 is 2.09 bits per heavy atom. The van der Waals surface area contributed by atoms with Crippen molar-refractivity contribution in [2.75, 3.05) is 13.2 Å². The number of pyridine rings is 1. The van der Waals surface area contributed by atoms with E-state index in [4.69, 9.17) is 0 Å². The highest BCUT2D eigenvalue weighted by atomic mass is 16.3. The summed E-state index contributed by atoms with van der Waals surface area (Å²) in [6, 6.07) is 6.74. The first kappa shape index (κ1) is 14.6. The Bertz CT molecular complexity index is 491. The predicted octanol–water partition coefficient (Wildman–Crippen LogP) is 2.65. The van der Waals surface area contributed by atoms with Gasteiger partial charge in [0, 0.05) is 31.1 Å². The predicted molar refractivity (Wildman–Crippen MR) is 87.4 cm³/mol. The van der Waals surface area contributed by atoms with Crippen molar-refractivity contribution in [2.24, 2.45) is 29.6 Å². The lowest BCUT2D eigenvalue weighted by Crippen LogP contribution is -2.42. The number of rotatable bonds is 6. The molecule has 6 atom stereocenters. The standard InChI is InChI=1S/C19H28N2O/c22-12-13(8-15-4-1-2-7-20-15)11-21-19-10-14-9-18(19)17-6-3-5-16(14)17/h1-2,4,7,13-14,16-19,21-22H,3,5-6,8-12H2/t13-,14+,16-,17-,18-,19+/m0/s1. The van der Waals surface area contributed by atoms with Crippen LogP contribution in [0.2, 0.25) is 0 Å². The zero-order valence-corrected chi connectivity index (χ0v) is 13.3. The van der Waals surface area contributed by atoms with Gasteiger partial charge in [0.1, 0.15) is 0 Å². The molecule has 4 rings (SSSR count). The fourth-order valence-electron chi connectivity index (χ4n) is 5.64. The molecule has 3 heteroatoms. The van der Waals surface area contributed by atoms with Crippen LogP contribution in [0.25, 0.3) is 0 Å². The van der Waals surface area contributed by atoms with E-state index in [1.54, 1.807) is 0 Å². The van der Waals surface area contributed by atoms with Crippen LogP contribution in [0.5, 0.6) is 0 Å². The largest absolute Gasteiger partial charge is 0.396 e. The maximum atomic E-state index is 9.68. The number of aliphatic hydroxyl groups excluding tert-OH is 1. The molecule has 0 spiro atoms. The third kappa shape index (κ3) is 2.69. The Labute approximate surface area is 133 Å². The summed E-state index contributed by atoms with van der Waals surface area (Å²) in [5.74, 6) is 4.28. The quantitative estimate of drug-likeness (QED) is 0.849. The van der Waals surface area contributed by atoms with Gasteiger partial charge in [0.15, 0.2) is 0 Å². The molecule has 2 bridgehead atoms. The van der Waals surface area contributed by atoms with E-state index in [1.807, 2.05) is 18.3 Å². The smallest absolute Gasteiger partial charge is 0.0475 e. The number of nitrogens with zero attached hydrogens (tertiary/aromatic N) is 1. The second kappa shape index (κ2) is 6.29. The molecule has 0 aliphatic heterocycles. The molecule has 0 amide bonds. The van der Waals surface area contributed by atoms with Gasteiger partial charge in [0.05, 0.1) is 0 Å². The van der Waals surface area contributed by atoms with Crippen molar-refractivity contribution in [2.45, 2.75) is 44.6 Å². The van der Waals surface area contributed by atoms with Crippen LogP contribution in [0.1, 0.15) is 37.8 Å². The Morgan fingerprint density at radius 1 is 1.18 bits per heavy atom. The summed E-state index contributed by atoms with van der Waals surface area (Å²) in [7, 11) is 0. The van der Waals surface area contributed by atoms with Crippen LogP contribution in [0.4, 0.5) is 0 Å². The minimum Gasteiger partial charge on any atom is -0.396 e. The molecule has 3 saturated carbocycles. The molecule has 3 aliphatic carbocycles. The molecule has 22 heavy (non-hydrogen) atoms. The van der Waals surface area contributed by atoms with E-state index in [2.05, 4.69) is 16.4 Å². The van der Waals surface area contributed by atoms with Crippen LogP contribution in [0, 0.1) is 29.6 Å². The summed E-state index contributed by atoms with van der Waals surface area (Å²) in [5.41, 5.74) is 1.09. The van der Waals surface area contributed by atoms with E-state index in [0.717, 1.165) is 42.3 Å². The topological polar surface area (TPSA) is 45.1 Å². The maximum absolute atomic E-state index is 9.68. The summed E-state index contributed by atoms with van der Waals surface area (Å²) in [4.78, 5) is 4.39. The first-order valence-electron chi connectivity index (χ1n) is 9.09. The van der Waals surface area contributed by atoms with Crippen LogP contribution in [0.3, 0.4) is 0 Å². The van der Waals surface area contributed by atoms with Crippen molar-refractivity contribution in [1.82, 2.24) is 10.3 Å². The van der Waals surface area contributed by atoms with Gasteiger partial charge in [-0.2, -0.15) is 0 Å². The van der Waals surface area contributed by atoms with Crippen molar-refractivity contribution < 1.29 is 5.11 Å². The van der Waals surface area contributed by atoms with Crippen molar-refractivity contribution >= 4 is 0 Å². The minimum absolute atomic E-state index is 0.246. The molecular formula is C19H28N2O. The molecule has 1 aromatic heterocycles. The summed E-state index contributed by atoms with van der Waals surface area (Å²) < 4.78 is 0. The summed E-state index contributed by atoms with van der Waals surface area (Å²) in [6.07, 6.45) is 10.0. The molecule has 1 aromatic rings. The van der Waals surface area contributed by atoms with Crippen molar-refractivity contribution in [3.63, 3.8) is 0 Å². The van der Waals surface area contributed by atoms with Gasteiger partial charge in [-0.1, -0.05) is 12.5 Å². The number of hydrogen-bond acceptors (Lipinski definition) is 3. The molecule has 120 valence electrons. The molecule has 3 aliphatic rings. The van der Waals surface area contributed by atoms with E-state index in [9.17, 15) is 5.11 Å². The highest BCUT2D eigenvalue weighted by molar-refractivity contribution is 5.07. The molecule has 0 saturated heterocycles. The molecule has 3 fully saturated rings. The monoisotopic (exact) mass is 300 g/mol. The molecule has 1 heterocycles. The third-order valence-electron chi connectivity index (χ3n) is 6.58. The molecule has 3 nitrogen and oxygen atoms in total. The molecular weight excluding hydrogens is 272 g/mol. The number of nitrogens with one attached hydrogen (secondary N) is 1. The SMILES string of the molecule is OC[C@H](CN[C@@H]1C[C@H]2C[C@H]1[C@H]1CCC[C@@H]21)Cc1ccccn1. The first-order chi connectivity index (χ1) is 10.8. The lowest BCUT2D eigenvalue weighted by Gasteiger charge is -2.33. The van der Waals surface area contributed by atoms with E-state index < -0.39 is 0 Å². The van der Waals surface area contributed by atoms with Crippen LogP contribution in [-0.4, -0.2) is 29.3 Å².